The molecule has 7 nitrogen and oxygen atoms in total. The number of non-ortho nitro benzene ring substituents is 1. The molecule has 7 heteroatoms. The van der Waals surface area contributed by atoms with Crippen molar-refractivity contribution in [3.63, 3.8) is 0 Å². The summed E-state index contributed by atoms with van der Waals surface area (Å²) >= 11 is 0. The van der Waals surface area contributed by atoms with Crippen molar-refractivity contribution in [3.05, 3.63) is 70.3 Å². The zero-order chi connectivity index (χ0) is 18.8. The largest absolute Gasteiger partial charge is 0.491 e. The average molecular weight is 356 g/mol. The lowest BCUT2D eigenvalue weighted by molar-refractivity contribution is -0.384. The number of carbonyl (C=O) groups is 1. The summed E-state index contributed by atoms with van der Waals surface area (Å²) in [5.74, 6) is 0.330. The van der Waals surface area contributed by atoms with Gasteiger partial charge in [0.15, 0.2) is 0 Å². The molecule has 0 aliphatic rings. The summed E-state index contributed by atoms with van der Waals surface area (Å²) in [6, 6.07) is 13.0. The van der Waals surface area contributed by atoms with Gasteiger partial charge in [-0.3, -0.25) is 14.9 Å². The molecule has 0 atom stereocenters. The smallest absolute Gasteiger partial charge is 0.269 e. The molecule has 2 rings (SSSR count). The molecule has 0 unspecified atom stereocenters. The Bertz CT molecular complexity index is 772. The number of hydrogen-bond donors (Lipinski definition) is 1. The minimum atomic E-state index is -0.469. The van der Waals surface area contributed by atoms with E-state index in [0.29, 0.717) is 36.8 Å². The molecule has 0 aromatic heterocycles. The molecule has 0 fully saturated rings. The molecule has 0 aliphatic heterocycles. The molecule has 2 aromatic carbocycles. The van der Waals surface area contributed by atoms with Gasteiger partial charge in [-0.2, -0.15) is 0 Å². The number of ether oxygens (including phenoxy) is 2. The lowest BCUT2D eigenvalue weighted by Gasteiger charge is -2.08. The third kappa shape index (κ3) is 6.37. The predicted molar refractivity (Wildman–Crippen MR) is 99.2 cm³/mol. The maximum atomic E-state index is 12.0. The molecular formula is C19H20N2O5. The van der Waals surface area contributed by atoms with E-state index in [9.17, 15) is 14.9 Å². The molecule has 0 heterocycles. The monoisotopic (exact) mass is 356 g/mol. The van der Waals surface area contributed by atoms with Crippen LogP contribution in [0.2, 0.25) is 0 Å². The van der Waals surface area contributed by atoms with Gasteiger partial charge in [0.25, 0.3) is 5.69 Å². The van der Waals surface area contributed by atoms with E-state index in [1.54, 1.807) is 42.5 Å². The zero-order valence-corrected chi connectivity index (χ0v) is 14.4. The van der Waals surface area contributed by atoms with E-state index in [1.807, 2.05) is 6.92 Å². The third-order valence-electron chi connectivity index (χ3n) is 3.33. The molecule has 0 saturated carbocycles. The van der Waals surface area contributed by atoms with Crippen LogP contribution < -0.4 is 10.1 Å². The first-order chi connectivity index (χ1) is 12.6. The Morgan fingerprint density at radius 3 is 2.65 bits per heavy atom. The Morgan fingerprint density at radius 1 is 1.19 bits per heavy atom. The normalized spacial score (nSPS) is 10.7. The van der Waals surface area contributed by atoms with Crippen LogP contribution in [0.1, 0.15) is 12.5 Å². The average Bonchev–Trinajstić information content (AvgIpc) is 2.64. The molecule has 0 spiro atoms. The zero-order valence-electron chi connectivity index (χ0n) is 14.4. The Hall–Kier alpha value is -3.19. The second kappa shape index (κ2) is 9.95. The topological polar surface area (TPSA) is 90.7 Å². The highest BCUT2D eigenvalue weighted by Crippen LogP contribution is 2.17. The minimum absolute atomic E-state index is 0.00718. The molecule has 1 N–H and O–H groups in total. The fraction of sp³-hybridized carbons (Fsp3) is 0.211. The highest BCUT2D eigenvalue weighted by molar-refractivity contribution is 6.02. The van der Waals surface area contributed by atoms with Gasteiger partial charge in [-0.05, 0) is 42.8 Å². The first-order valence-corrected chi connectivity index (χ1v) is 8.12. The molecule has 26 heavy (non-hydrogen) atoms. The van der Waals surface area contributed by atoms with Crippen molar-refractivity contribution >= 4 is 23.4 Å². The van der Waals surface area contributed by atoms with Crippen molar-refractivity contribution < 1.29 is 19.2 Å². The van der Waals surface area contributed by atoms with Crippen molar-refractivity contribution in [3.8, 4) is 5.75 Å². The van der Waals surface area contributed by atoms with Gasteiger partial charge in [0.2, 0.25) is 5.91 Å². The number of carbonyl (C=O) groups excluding carboxylic acids is 1. The Kier molecular flexibility index (Phi) is 7.32. The summed E-state index contributed by atoms with van der Waals surface area (Å²) in [5.41, 5.74) is 1.31. The number of amides is 1. The second-order valence-electron chi connectivity index (χ2n) is 5.24. The maximum absolute atomic E-state index is 12.0. The molecule has 1 amide bonds. The fourth-order valence-corrected chi connectivity index (χ4v) is 2.09. The van der Waals surface area contributed by atoms with E-state index in [2.05, 4.69) is 5.32 Å². The summed E-state index contributed by atoms with van der Waals surface area (Å²) in [7, 11) is 0. The molecule has 136 valence electrons. The summed E-state index contributed by atoms with van der Waals surface area (Å²) in [5, 5.41) is 13.4. The highest BCUT2D eigenvalue weighted by Gasteiger charge is 2.03. The number of nitro benzene ring substituents is 1. The Morgan fingerprint density at radius 2 is 1.96 bits per heavy atom. The highest BCUT2D eigenvalue weighted by atomic mass is 16.6. The number of benzene rings is 2. The van der Waals surface area contributed by atoms with E-state index in [-0.39, 0.29) is 11.6 Å². The van der Waals surface area contributed by atoms with Crippen LogP contribution in [-0.2, 0) is 9.53 Å². The standard InChI is InChI=1S/C19H20N2O5/c1-2-25-12-13-26-18-5-3-4-16(14-18)20-19(22)11-8-15-6-9-17(10-7-15)21(23)24/h3-11,14H,2,12-13H2,1H3,(H,20,22)/b11-8+. The van der Waals surface area contributed by atoms with Gasteiger partial charge < -0.3 is 14.8 Å². The van der Waals surface area contributed by atoms with Crippen molar-refractivity contribution in [2.24, 2.45) is 0 Å². The van der Waals surface area contributed by atoms with Gasteiger partial charge in [0.05, 0.1) is 11.5 Å². The summed E-state index contributed by atoms with van der Waals surface area (Å²) in [6.45, 7) is 3.50. The van der Waals surface area contributed by atoms with Crippen LogP contribution in [0.4, 0.5) is 11.4 Å². The van der Waals surface area contributed by atoms with Crippen molar-refractivity contribution in [2.75, 3.05) is 25.1 Å². The Labute approximate surface area is 151 Å². The van der Waals surface area contributed by atoms with Crippen LogP contribution in [0.25, 0.3) is 6.08 Å². The van der Waals surface area contributed by atoms with Gasteiger partial charge in [0.1, 0.15) is 12.4 Å². The molecular weight excluding hydrogens is 336 g/mol. The van der Waals surface area contributed by atoms with Crippen LogP contribution in [-0.4, -0.2) is 30.7 Å². The molecule has 0 radical (unpaired) electrons. The predicted octanol–water partition coefficient (Wildman–Crippen LogP) is 3.66. The van der Waals surface area contributed by atoms with Crippen molar-refractivity contribution in [2.45, 2.75) is 6.92 Å². The first kappa shape index (κ1) is 19.1. The van der Waals surface area contributed by atoms with Crippen LogP contribution in [0.3, 0.4) is 0 Å². The molecule has 0 bridgehead atoms. The van der Waals surface area contributed by atoms with Gasteiger partial charge in [-0.15, -0.1) is 0 Å². The molecule has 0 aliphatic carbocycles. The quantitative estimate of drug-likeness (QED) is 0.320. The number of nitrogens with zero attached hydrogens (tertiary/aromatic N) is 1. The van der Waals surface area contributed by atoms with Gasteiger partial charge >= 0.3 is 0 Å². The van der Waals surface area contributed by atoms with Crippen LogP contribution in [0.5, 0.6) is 5.75 Å². The van der Waals surface area contributed by atoms with Gasteiger partial charge in [-0.25, -0.2) is 0 Å². The molecule has 2 aromatic rings. The Balaban J connectivity index is 1.89. The van der Waals surface area contributed by atoms with E-state index >= 15 is 0 Å². The summed E-state index contributed by atoms with van der Waals surface area (Å²) in [6.07, 6.45) is 2.95. The lowest BCUT2D eigenvalue weighted by Crippen LogP contribution is -2.09. The number of hydrogen-bond acceptors (Lipinski definition) is 5. The van der Waals surface area contributed by atoms with E-state index in [0.717, 1.165) is 0 Å². The van der Waals surface area contributed by atoms with Crippen molar-refractivity contribution in [1.82, 2.24) is 0 Å². The molecule has 0 saturated heterocycles. The number of anilines is 1. The van der Waals surface area contributed by atoms with E-state index in [1.165, 1.54) is 18.2 Å². The summed E-state index contributed by atoms with van der Waals surface area (Å²) < 4.78 is 10.7. The maximum Gasteiger partial charge on any atom is 0.269 e. The van der Waals surface area contributed by atoms with Crippen molar-refractivity contribution in [1.29, 1.82) is 0 Å². The number of nitro groups is 1. The van der Waals surface area contributed by atoms with Crippen LogP contribution >= 0.6 is 0 Å². The van der Waals surface area contributed by atoms with Crippen LogP contribution in [0, 0.1) is 10.1 Å². The second-order valence-corrected chi connectivity index (χ2v) is 5.24. The SMILES string of the molecule is CCOCCOc1cccc(NC(=O)/C=C/c2ccc([N+](=O)[O-])cc2)c1. The van der Waals surface area contributed by atoms with Gasteiger partial charge in [0, 0.05) is 36.6 Å². The van der Waals surface area contributed by atoms with E-state index < -0.39 is 4.92 Å². The number of nitrogens with one attached hydrogen (secondary N) is 1. The van der Waals surface area contributed by atoms with E-state index in [4.69, 9.17) is 9.47 Å². The minimum Gasteiger partial charge on any atom is -0.491 e. The summed E-state index contributed by atoms with van der Waals surface area (Å²) in [4.78, 5) is 22.1. The van der Waals surface area contributed by atoms with Crippen LogP contribution in [0.15, 0.2) is 54.6 Å². The number of rotatable bonds is 9. The fourth-order valence-electron chi connectivity index (χ4n) is 2.09. The van der Waals surface area contributed by atoms with Gasteiger partial charge in [-0.1, -0.05) is 6.07 Å². The third-order valence-corrected chi connectivity index (χ3v) is 3.33. The lowest BCUT2D eigenvalue weighted by atomic mass is 10.2. The first-order valence-electron chi connectivity index (χ1n) is 8.12.